The van der Waals surface area contributed by atoms with Gasteiger partial charge in [0.1, 0.15) is 6.54 Å². The minimum atomic E-state index is -0.592. The lowest BCUT2D eigenvalue weighted by Gasteiger charge is -2.11. The predicted octanol–water partition coefficient (Wildman–Crippen LogP) is 2.94. The summed E-state index contributed by atoms with van der Waals surface area (Å²) in [6.07, 6.45) is 3.20. The summed E-state index contributed by atoms with van der Waals surface area (Å²) in [6, 6.07) is 8.63. The SMILES string of the molecule is CCCCOC(=O)CN1C(=O)S/C(=C/c2ccc(C#N)cc2)C1=O. The van der Waals surface area contributed by atoms with E-state index >= 15 is 0 Å². The zero-order chi connectivity index (χ0) is 17.5. The van der Waals surface area contributed by atoms with Crippen molar-refractivity contribution in [3.63, 3.8) is 0 Å². The summed E-state index contributed by atoms with van der Waals surface area (Å²) in [5.74, 6) is -1.10. The van der Waals surface area contributed by atoms with Crippen LogP contribution in [-0.2, 0) is 14.3 Å². The molecule has 1 fully saturated rings. The van der Waals surface area contributed by atoms with Gasteiger partial charge in [-0.05, 0) is 42.0 Å². The summed E-state index contributed by atoms with van der Waals surface area (Å²) in [5.41, 5.74) is 1.21. The van der Waals surface area contributed by atoms with Crippen LogP contribution in [0, 0.1) is 11.3 Å². The molecule has 0 bridgehead atoms. The number of imide groups is 1. The number of nitriles is 1. The van der Waals surface area contributed by atoms with Gasteiger partial charge in [-0.2, -0.15) is 5.26 Å². The Labute approximate surface area is 144 Å². The van der Waals surface area contributed by atoms with Crippen LogP contribution in [0.5, 0.6) is 0 Å². The second-order valence-corrected chi connectivity index (χ2v) is 6.07. The number of thioether (sulfide) groups is 1. The highest BCUT2D eigenvalue weighted by atomic mass is 32.2. The highest BCUT2D eigenvalue weighted by molar-refractivity contribution is 8.18. The number of esters is 1. The summed E-state index contributed by atoms with van der Waals surface area (Å²) < 4.78 is 4.98. The van der Waals surface area contributed by atoms with E-state index < -0.39 is 17.1 Å². The fourth-order valence-corrected chi connectivity index (χ4v) is 2.78. The number of ether oxygens (including phenoxy) is 1. The first-order valence-electron chi connectivity index (χ1n) is 7.46. The van der Waals surface area contributed by atoms with Gasteiger partial charge in [0.05, 0.1) is 23.1 Å². The van der Waals surface area contributed by atoms with Gasteiger partial charge in [-0.1, -0.05) is 25.5 Å². The van der Waals surface area contributed by atoms with Crippen LogP contribution in [0.25, 0.3) is 6.08 Å². The molecule has 2 amide bonds. The number of hydrogen-bond donors (Lipinski definition) is 0. The van der Waals surface area contributed by atoms with Crippen molar-refractivity contribution in [2.75, 3.05) is 13.2 Å². The monoisotopic (exact) mass is 344 g/mol. The van der Waals surface area contributed by atoms with Gasteiger partial charge in [0, 0.05) is 0 Å². The summed E-state index contributed by atoms with van der Waals surface area (Å²) >= 11 is 0.783. The van der Waals surface area contributed by atoms with Crippen LogP contribution in [0.2, 0.25) is 0 Å². The van der Waals surface area contributed by atoms with Crippen LogP contribution in [0.4, 0.5) is 4.79 Å². The van der Waals surface area contributed by atoms with E-state index in [1.54, 1.807) is 30.3 Å². The molecule has 0 unspecified atom stereocenters. The Morgan fingerprint density at radius 2 is 2.04 bits per heavy atom. The second kappa shape index (κ2) is 8.31. The van der Waals surface area contributed by atoms with Crippen molar-refractivity contribution >= 4 is 35.0 Å². The maximum atomic E-state index is 12.3. The average Bonchev–Trinajstić information content (AvgIpc) is 2.83. The quantitative estimate of drug-likeness (QED) is 0.448. The van der Waals surface area contributed by atoms with E-state index in [4.69, 9.17) is 10.00 Å². The first-order valence-corrected chi connectivity index (χ1v) is 8.28. The van der Waals surface area contributed by atoms with Gasteiger partial charge in [-0.3, -0.25) is 19.3 Å². The van der Waals surface area contributed by atoms with Gasteiger partial charge in [0.2, 0.25) is 0 Å². The van der Waals surface area contributed by atoms with Crippen molar-refractivity contribution in [3.05, 3.63) is 40.3 Å². The number of rotatable bonds is 6. The summed E-state index contributed by atoms with van der Waals surface area (Å²) in [6.45, 7) is 1.88. The van der Waals surface area contributed by atoms with Crippen molar-refractivity contribution in [1.82, 2.24) is 4.90 Å². The molecule has 0 radical (unpaired) electrons. The largest absolute Gasteiger partial charge is 0.464 e. The molecule has 2 rings (SSSR count). The molecule has 0 aliphatic carbocycles. The van der Waals surface area contributed by atoms with Crippen LogP contribution >= 0.6 is 11.8 Å². The topological polar surface area (TPSA) is 87.5 Å². The molecule has 0 atom stereocenters. The zero-order valence-corrected chi connectivity index (χ0v) is 14.0. The molecule has 24 heavy (non-hydrogen) atoms. The van der Waals surface area contributed by atoms with E-state index in [9.17, 15) is 14.4 Å². The van der Waals surface area contributed by atoms with Crippen molar-refractivity contribution in [3.8, 4) is 6.07 Å². The van der Waals surface area contributed by atoms with Crippen LogP contribution in [0.3, 0.4) is 0 Å². The minimum Gasteiger partial charge on any atom is -0.464 e. The van der Waals surface area contributed by atoms with E-state index in [0.29, 0.717) is 11.1 Å². The molecule has 1 aliphatic heterocycles. The number of benzene rings is 1. The highest BCUT2D eigenvalue weighted by Gasteiger charge is 2.36. The van der Waals surface area contributed by atoms with E-state index in [1.807, 2.05) is 13.0 Å². The normalized spacial score (nSPS) is 15.7. The fraction of sp³-hybridized carbons (Fsp3) is 0.294. The Bertz CT molecular complexity index is 719. The van der Waals surface area contributed by atoms with E-state index in [0.717, 1.165) is 29.5 Å². The lowest BCUT2D eigenvalue weighted by molar-refractivity contribution is -0.146. The van der Waals surface area contributed by atoms with Crippen molar-refractivity contribution in [2.24, 2.45) is 0 Å². The molecule has 1 aromatic rings. The van der Waals surface area contributed by atoms with Crippen LogP contribution < -0.4 is 0 Å². The number of hydrogen-bond acceptors (Lipinski definition) is 6. The van der Waals surface area contributed by atoms with Crippen molar-refractivity contribution in [1.29, 1.82) is 5.26 Å². The van der Waals surface area contributed by atoms with E-state index in [-0.39, 0.29) is 18.1 Å². The Kier molecular flexibility index (Phi) is 6.15. The molecule has 0 spiro atoms. The Balaban J connectivity index is 2.03. The Morgan fingerprint density at radius 1 is 1.33 bits per heavy atom. The zero-order valence-electron chi connectivity index (χ0n) is 13.2. The molecule has 1 aliphatic rings. The second-order valence-electron chi connectivity index (χ2n) is 5.08. The number of carbonyl (C=O) groups excluding carboxylic acids is 3. The van der Waals surface area contributed by atoms with Gasteiger partial charge in [-0.25, -0.2) is 0 Å². The van der Waals surface area contributed by atoms with E-state index in [2.05, 4.69) is 0 Å². The third-order valence-electron chi connectivity index (χ3n) is 3.26. The first kappa shape index (κ1) is 17.8. The van der Waals surface area contributed by atoms with E-state index in [1.165, 1.54) is 0 Å². The van der Waals surface area contributed by atoms with Gasteiger partial charge >= 0.3 is 5.97 Å². The smallest absolute Gasteiger partial charge is 0.326 e. The molecular formula is C17H16N2O4S. The molecular weight excluding hydrogens is 328 g/mol. The lowest BCUT2D eigenvalue weighted by Crippen LogP contribution is -2.34. The molecule has 0 saturated carbocycles. The first-order chi connectivity index (χ1) is 11.5. The van der Waals surface area contributed by atoms with Gasteiger partial charge < -0.3 is 4.74 Å². The molecule has 6 nitrogen and oxygen atoms in total. The maximum Gasteiger partial charge on any atom is 0.326 e. The van der Waals surface area contributed by atoms with Gasteiger partial charge in [0.15, 0.2) is 0 Å². The molecule has 124 valence electrons. The molecule has 1 saturated heterocycles. The highest BCUT2D eigenvalue weighted by Crippen LogP contribution is 2.32. The molecule has 1 aromatic carbocycles. The third-order valence-corrected chi connectivity index (χ3v) is 4.17. The Morgan fingerprint density at radius 3 is 2.67 bits per heavy atom. The van der Waals surface area contributed by atoms with Crippen molar-refractivity contribution in [2.45, 2.75) is 19.8 Å². The summed E-state index contributed by atoms with van der Waals surface area (Å²) in [5, 5.41) is 8.27. The van der Waals surface area contributed by atoms with Crippen molar-refractivity contribution < 1.29 is 19.1 Å². The van der Waals surface area contributed by atoms with Crippen LogP contribution in [0.1, 0.15) is 30.9 Å². The average molecular weight is 344 g/mol. The summed E-state index contributed by atoms with van der Waals surface area (Å²) in [4.78, 5) is 37.0. The molecule has 0 N–H and O–H groups in total. The maximum absolute atomic E-state index is 12.3. The third kappa shape index (κ3) is 4.46. The van der Waals surface area contributed by atoms with Gasteiger partial charge in [0.25, 0.3) is 11.1 Å². The number of unbranched alkanes of at least 4 members (excludes halogenated alkanes) is 1. The lowest BCUT2D eigenvalue weighted by atomic mass is 10.1. The van der Waals surface area contributed by atoms with Crippen LogP contribution in [0.15, 0.2) is 29.2 Å². The fourth-order valence-electron chi connectivity index (χ4n) is 1.95. The number of amides is 2. The molecule has 7 heteroatoms. The summed E-state index contributed by atoms with van der Waals surface area (Å²) in [7, 11) is 0. The predicted molar refractivity (Wildman–Crippen MR) is 89.7 cm³/mol. The number of nitrogens with zero attached hydrogens (tertiary/aromatic N) is 2. The Hall–Kier alpha value is -2.59. The minimum absolute atomic E-state index is 0.242. The van der Waals surface area contributed by atoms with Crippen LogP contribution in [-0.4, -0.2) is 35.2 Å². The molecule has 1 heterocycles. The van der Waals surface area contributed by atoms with Gasteiger partial charge in [-0.15, -0.1) is 0 Å². The molecule has 0 aromatic heterocycles. The standard InChI is InChI=1S/C17H16N2O4S/c1-2-3-8-23-15(20)11-19-16(21)14(24-17(19)22)9-12-4-6-13(10-18)7-5-12/h4-7,9H,2-3,8,11H2,1H3/b14-9+. The number of carbonyl (C=O) groups is 3.